The molecule has 0 radical (unpaired) electrons. The number of nitrogens with zero attached hydrogens (tertiary/aromatic N) is 7. The van der Waals surface area contributed by atoms with Gasteiger partial charge in [-0.2, -0.15) is 20.1 Å². The summed E-state index contributed by atoms with van der Waals surface area (Å²) in [4.78, 5) is 19.8. The fraction of sp³-hybridized carbons (Fsp3) is 0.211. The molecular weight excluding hydrogens is 402 g/mol. The summed E-state index contributed by atoms with van der Waals surface area (Å²) in [6.45, 7) is 2.71. The zero-order chi connectivity index (χ0) is 20.3. The van der Waals surface area contributed by atoms with Crippen molar-refractivity contribution in [2.24, 2.45) is 0 Å². The van der Waals surface area contributed by atoms with Crippen LogP contribution in [0.25, 0.3) is 11.3 Å². The van der Waals surface area contributed by atoms with E-state index < -0.39 is 0 Å². The summed E-state index contributed by atoms with van der Waals surface area (Å²) in [7, 11) is 0. The number of aromatic nitrogens is 6. The lowest BCUT2D eigenvalue weighted by molar-refractivity contribution is 0.252. The Balaban J connectivity index is 1.22. The van der Waals surface area contributed by atoms with Gasteiger partial charge in [-0.05, 0) is 12.1 Å². The van der Waals surface area contributed by atoms with Crippen molar-refractivity contribution in [3.63, 3.8) is 0 Å². The van der Waals surface area contributed by atoms with Gasteiger partial charge < -0.3 is 10.6 Å². The molecule has 10 nitrogen and oxygen atoms in total. The van der Waals surface area contributed by atoms with Crippen LogP contribution in [0.15, 0.2) is 54.4 Å². The first-order valence-electron chi connectivity index (χ1n) is 9.49. The molecule has 4 heterocycles. The number of benzene rings is 1. The summed E-state index contributed by atoms with van der Waals surface area (Å²) in [6, 6.07) is 7.82. The predicted molar refractivity (Wildman–Crippen MR) is 114 cm³/mol. The lowest BCUT2D eigenvalue weighted by atomic mass is 10.1. The standard InChI is InChI=1S/C19H19N9OS/c29-19-20-7-8-27(19)16-3-1-14(2-4-16)17-13-30-18(25-17)24-15-11-23-26(12-15)9-10-28-21-5-6-22-28/h1-6,11-13H,7-10H2,(H,20,29)(H,24,25). The van der Waals surface area contributed by atoms with E-state index in [0.717, 1.165) is 27.8 Å². The summed E-state index contributed by atoms with van der Waals surface area (Å²) in [5.41, 5.74) is 3.65. The molecular formula is C19H19N9OS. The number of amides is 2. The molecule has 0 bridgehead atoms. The molecule has 0 unspecified atom stereocenters. The van der Waals surface area contributed by atoms with Gasteiger partial charge in [0.25, 0.3) is 0 Å². The van der Waals surface area contributed by atoms with Crippen molar-refractivity contribution in [2.75, 3.05) is 23.3 Å². The van der Waals surface area contributed by atoms with Crippen molar-refractivity contribution < 1.29 is 4.79 Å². The summed E-state index contributed by atoms with van der Waals surface area (Å²) in [6.07, 6.45) is 7.02. The highest BCUT2D eigenvalue weighted by molar-refractivity contribution is 7.14. The number of carbonyl (C=O) groups is 1. The largest absolute Gasteiger partial charge is 0.336 e. The van der Waals surface area contributed by atoms with Crippen LogP contribution in [0.1, 0.15) is 0 Å². The minimum atomic E-state index is -0.0515. The molecule has 2 N–H and O–H groups in total. The quantitative estimate of drug-likeness (QED) is 0.475. The Morgan fingerprint density at radius 1 is 1.10 bits per heavy atom. The Bertz CT molecular complexity index is 1130. The number of hydrogen-bond acceptors (Lipinski definition) is 7. The minimum Gasteiger partial charge on any atom is -0.336 e. The SMILES string of the molecule is O=C1NCCN1c1ccc(-c2csc(Nc3cnn(CCn4nccn4)c3)n2)cc1. The Kier molecular flexibility index (Phi) is 4.85. The monoisotopic (exact) mass is 421 g/mol. The van der Waals surface area contributed by atoms with E-state index in [9.17, 15) is 4.79 Å². The second-order valence-corrected chi connectivity index (χ2v) is 7.57. The van der Waals surface area contributed by atoms with Gasteiger partial charge in [-0.1, -0.05) is 12.1 Å². The van der Waals surface area contributed by atoms with Gasteiger partial charge in [0.05, 0.1) is 43.1 Å². The fourth-order valence-electron chi connectivity index (χ4n) is 3.22. The van der Waals surface area contributed by atoms with E-state index in [1.165, 1.54) is 11.3 Å². The molecule has 5 rings (SSSR count). The molecule has 1 saturated heterocycles. The fourth-order valence-corrected chi connectivity index (χ4v) is 3.96. The smallest absolute Gasteiger partial charge is 0.321 e. The van der Waals surface area contributed by atoms with Gasteiger partial charge in [-0.15, -0.1) is 11.3 Å². The van der Waals surface area contributed by atoms with Crippen molar-refractivity contribution in [1.29, 1.82) is 0 Å². The molecule has 4 aromatic rings. The summed E-state index contributed by atoms with van der Waals surface area (Å²) < 4.78 is 1.84. The van der Waals surface area contributed by atoms with Gasteiger partial charge >= 0.3 is 6.03 Å². The molecule has 152 valence electrons. The van der Waals surface area contributed by atoms with Crippen LogP contribution >= 0.6 is 11.3 Å². The zero-order valence-corrected chi connectivity index (χ0v) is 16.8. The molecule has 0 spiro atoms. The Labute approximate surface area is 176 Å². The van der Waals surface area contributed by atoms with Crippen molar-refractivity contribution in [1.82, 2.24) is 35.1 Å². The highest BCUT2D eigenvalue weighted by atomic mass is 32.1. The summed E-state index contributed by atoms with van der Waals surface area (Å²) in [5, 5.41) is 21.4. The molecule has 0 aliphatic carbocycles. The highest BCUT2D eigenvalue weighted by Gasteiger charge is 2.20. The highest BCUT2D eigenvalue weighted by Crippen LogP contribution is 2.28. The van der Waals surface area contributed by atoms with E-state index in [-0.39, 0.29) is 6.03 Å². The lowest BCUT2D eigenvalue weighted by Crippen LogP contribution is -2.27. The number of carbonyl (C=O) groups excluding carboxylic acids is 1. The van der Waals surface area contributed by atoms with Gasteiger partial charge in [-0.25, -0.2) is 9.78 Å². The summed E-state index contributed by atoms with van der Waals surface area (Å²) in [5.74, 6) is 0. The number of hydrogen-bond donors (Lipinski definition) is 2. The Hall–Kier alpha value is -3.73. The van der Waals surface area contributed by atoms with E-state index in [1.54, 1.807) is 28.3 Å². The van der Waals surface area contributed by atoms with E-state index in [2.05, 4.69) is 30.9 Å². The average molecular weight is 421 g/mol. The molecule has 3 aromatic heterocycles. The van der Waals surface area contributed by atoms with Crippen molar-refractivity contribution >= 4 is 33.9 Å². The van der Waals surface area contributed by atoms with E-state index in [4.69, 9.17) is 0 Å². The van der Waals surface area contributed by atoms with Crippen molar-refractivity contribution in [3.8, 4) is 11.3 Å². The normalized spacial score (nSPS) is 13.6. The van der Waals surface area contributed by atoms with E-state index in [0.29, 0.717) is 26.2 Å². The minimum absolute atomic E-state index is 0.0515. The third kappa shape index (κ3) is 3.87. The van der Waals surface area contributed by atoms with Gasteiger partial charge in [0.15, 0.2) is 5.13 Å². The number of nitrogens with one attached hydrogen (secondary N) is 2. The molecule has 30 heavy (non-hydrogen) atoms. The van der Waals surface area contributed by atoms with Crippen LogP contribution in [0.5, 0.6) is 0 Å². The molecule has 0 saturated carbocycles. The van der Waals surface area contributed by atoms with E-state index >= 15 is 0 Å². The summed E-state index contributed by atoms with van der Waals surface area (Å²) >= 11 is 1.53. The van der Waals surface area contributed by atoms with Gasteiger partial charge in [0.1, 0.15) is 0 Å². The van der Waals surface area contributed by atoms with E-state index in [1.807, 2.05) is 40.5 Å². The molecule has 1 aliphatic rings. The van der Waals surface area contributed by atoms with Crippen molar-refractivity contribution in [2.45, 2.75) is 13.1 Å². The molecule has 1 aromatic carbocycles. The van der Waals surface area contributed by atoms with Crippen LogP contribution in [-0.2, 0) is 13.1 Å². The predicted octanol–water partition coefficient (Wildman–Crippen LogP) is 2.57. The zero-order valence-electron chi connectivity index (χ0n) is 16.0. The van der Waals surface area contributed by atoms with Gasteiger partial charge in [0, 0.05) is 35.9 Å². The van der Waals surface area contributed by atoms with Crippen LogP contribution in [0.3, 0.4) is 0 Å². The molecule has 1 fully saturated rings. The molecule has 11 heteroatoms. The van der Waals surface area contributed by atoms with Crippen LogP contribution in [0.2, 0.25) is 0 Å². The maximum Gasteiger partial charge on any atom is 0.321 e. The van der Waals surface area contributed by atoms with Crippen LogP contribution < -0.4 is 15.5 Å². The molecule has 2 amide bonds. The number of urea groups is 1. The molecule has 0 atom stereocenters. The topological polar surface area (TPSA) is 106 Å². The molecule has 1 aliphatic heterocycles. The third-order valence-corrected chi connectivity index (χ3v) is 5.47. The van der Waals surface area contributed by atoms with Crippen molar-refractivity contribution in [3.05, 3.63) is 54.4 Å². The number of thiazole rings is 1. The average Bonchev–Trinajstić information content (AvgIpc) is 3.56. The first kappa shape index (κ1) is 18.3. The first-order valence-corrected chi connectivity index (χ1v) is 10.4. The number of aryl methyl sites for hydroxylation is 2. The van der Waals surface area contributed by atoms with Crippen LogP contribution in [-0.4, -0.2) is 48.9 Å². The Morgan fingerprint density at radius 2 is 1.93 bits per heavy atom. The number of rotatable bonds is 7. The van der Waals surface area contributed by atoms with Gasteiger partial charge in [0.2, 0.25) is 0 Å². The third-order valence-electron chi connectivity index (χ3n) is 4.72. The maximum atomic E-state index is 11.8. The van der Waals surface area contributed by atoms with Gasteiger partial charge in [-0.3, -0.25) is 9.58 Å². The second-order valence-electron chi connectivity index (χ2n) is 6.71. The Morgan fingerprint density at radius 3 is 2.70 bits per heavy atom. The number of anilines is 3. The second kappa shape index (κ2) is 7.95. The first-order chi connectivity index (χ1) is 14.7. The van der Waals surface area contributed by atoms with Crippen LogP contribution in [0.4, 0.5) is 21.3 Å². The lowest BCUT2D eigenvalue weighted by Gasteiger charge is -2.14. The van der Waals surface area contributed by atoms with Crippen LogP contribution in [0, 0.1) is 0 Å². The maximum absolute atomic E-state index is 11.8.